The maximum absolute atomic E-state index is 13.1. The van der Waals surface area contributed by atoms with E-state index in [0.717, 1.165) is 24.0 Å². The molecular weight excluding hydrogens is 346 g/mol. The molecule has 1 fully saturated rings. The minimum absolute atomic E-state index is 0.0532. The molecule has 7 heteroatoms. The lowest BCUT2D eigenvalue weighted by Crippen LogP contribution is -2.19. The lowest BCUT2D eigenvalue weighted by molar-refractivity contribution is 0.112. The van der Waals surface area contributed by atoms with Crippen LogP contribution in [0.1, 0.15) is 29.0 Å². The molecule has 0 aromatic heterocycles. The van der Waals surface area contributed by atoms with Crippen LogP contribution in [0.5, 0.6) is 0 Å². The molecule has 4 nitrogen and oxygen atoms in total. The topological polar surface area (TPSA) is 72.2 Å². The lowest BCUT2D eigenvalue weighted by atomic mass is 10.1. The van der Waals surface area contributed by atoms with Crippen LogP contribution >= 0.6 is 0 Å². The molecule has 0 radical (unpaired) electrons. The van der Waals surface area contributed by atoms with Crippen LogP contribution in [-0.4, -0.2) is 20.4 Å². The molecule has 2 aromatic rings. The average molecular weight is 364 g/mol. The first-order valence-corrected chi connectivity index (χ1v) is 9.61. The normalized spacial score (nSPS) is 24.0. The van der Waals surface area contributed by atoms with Gasteiger partial charge in [-0.3, -0.25) is 4.72 Å². The van der Waals surface area contributed by atoms with Crippen LogP contribution in [0, 0.1) is 0 Å². The molecule has 3 N–H and O–H groups in total. The van der Waals surface area contributed by atoms with Crippen LogP contribution in [0.2, 0.25) is 0 Å². The summed E-state index contributed by atoms with van der Waals surface area (Å²) in [5.74, 6) is -3.46. The van der Waals surface area contributed by atoms with Gasteiger partial charge in [-0.15, -0.1) is 0 Å². The number of rotatable bonds is 4. The van der Waals surface area contributed by atoms with Crippen LogP contribution in [0.4, 0.5) is 14.5 Å². The fourth-order valence-corrected chi connectivity index (χ4v) is 4.43. The van der Waals surface area contributed by atoms with Crippen molar-refractivity contribution < 1.29 is 17.2 Å². The zero-order valence-corrected chi connectivity index (χ0v) is 14.2. The van der Waals surface area contributed by atoms with Gasteiger partial charge >= 0.3 is 0 Å². The Kier molecular flexibility index (Phi) is 3.63. The van der Waals surface area contributed by atoms with E-state index in [9.17, 15) is 17.2 Å². The van der Waals surface area contributed by atoms with E-state index in [1.54, 1.807) is 12.1 Å². The number of benzene rings is 2. The molecule has 0 bridgehead atoms. The number of halogens is 2. The number of nitrogens with two attached hydrogens (primary N) is 1. The molecular formula is C18H18F2N2O2S. The highest BCUT2D eigenvalue weighted by Gasteiger charge is 2.57. The highest BCUT2D eigenvalue weighted by molar-refractivity contribution is 7.92. The third-order valence-electron chi connectivity index (χ3n) is 4.84. The van der Waals surface area contributed by atoms with Crippen molar-refractivity contribution in [3.8, 4) is 0 Å². The Bertz CT molecular complexity index is 927. The summed E-state index contributed by atoms with van der Waals surface area (Å²) < 4.78 is 53.8. The highest BCUT2D eigenvalue weighted by Crippen LogP contribution is 2.55. The van der Waals surface area contributed by atoms with E-state index < -0.39 is 21.9 Å². The smallest absolute Gasteiger partial charge is 0.261 e. The second-order valence-corrected chi connectivity index (χ2v) is 8.53. The maximum atomic E-state index is 13.1. The monoisotopic (exact) mass is 364 g/mol. The van der Waals surface area contributed by atoms with Crippen molar-refractivity contribution in [3.05, 3.63) is 59.2 Å². The maximum Gasteiger partial charge on any atom is 0.261 e. The van der Waals surface area contributed by atoms with Crippen LogP contribution in [-0.2, 0) is 22.9 Å². The first-order chi connectivity index (χ1) is 11.7. The third kappa shape index (κ3) is 3.14. The Morgan fingerprint density at radius 1 is 1.04 bits per heavy atom. The molecule has 25 heavy (non-hydrogen) atoms. The fraction of sp³-hybridized carbons (Fsp3) is 0.333. The van der Waals surface area contributed by atoms with Gasteiger partial charge in [-0.1, -0.05) is 18.2 Å². The molecule has 2 aromatic carbocycles. The summed E-state index contributed by atoms with van der Waals surface area (Å²) in [6.45, 7) is 0. The van der Waals surface area contributed by atoms with Gasteiger partial charge in [0, 0.05) is 18.2 Å². The Balaban J connectivity index is 1.53. The summed E-state index contributed by atoms with van der Waals surface area (Å²) in [6, 6.07) is 11.1. The van der Waals surface area contributed by atoms with Crippen molar-refractivity contribution in [1.29, 1.82) is 0 Å². The van der Waals surface area contributed by atoms with Gasteiger partial charge in [0.1, 0.15) is 0 Å². The summed E-state index contributed by atoms with van der Waals surface area (Å²) in [6.07, 6.45) is 1.36. The Morgan fingerprint density at radius 2 is 1.68 bits per heavy atom. The Morgan fingerprint density at radius 3 is 2.32 bits per heavy atom. The van der Waals surface area contributed by atoms with Gasteiger partial charge in [0.15, 0.2) is 0 Å². The molecule has 2 aliphatic rings. The molecule has 132 valence electrons. The van der Waals surface area contributed by atoms with Gasteiger partial charge in [0.2, 0.25) is 0 Å². The predicted octanol–water partition coefficient (Wildman–Crippen LogP) is 3.04. The number of anilines is 1. The van der Waals surface area contributed by atoms with Crippen molar-refractivity contribution in [2.75, 3.05) is 4.72 Å². The molecule has 2 aliphatic carbocycles. The SMILES string of the molecule is NC1Cc2ccc(NS(=O)(=O)c3ccc(C4CC4(F)F)cc3)cc2C1. The predicted molar refractivity (Wildman–Crippen MR) is 91.4 cm³/mol. The minimum Gasteiger partial charge on any atom is -0.327 e. The minimum atomic E-state index is -3.76. The van der Waals surface area contributed by atoms with Crippen molar-refractivity contribution >= 4 is 15.7 Å². The first kappa shape index (κ1) is 16.5. The highest BCUT2D eigenvalue weighted by atomic mass is 32.2. The summed E-state index contributed by atoms with van der Waals surface area (Å²) >= 11 is 0. The van der Waals surface area contributed by atoms with Crippen LogP contribution in [0.25, 0.3) is 0 Å². The molecule has 1 saturated carbocycles. The molecule has 0 amide bonds. The van der Waals surface area contributed by atoms with E-state index in [-0.39, 0.29) is 17.4 Å². The zero-order chi connectivity index (χ0) is 17.8. The van der Waals surface area contributed by atoms with Crippen molar-refractivity contribution in [2.45, 2.75) is 42.0 Å². The first-order valence-electron chi connectivity index (χ1n) is 8.13. The third-order valence-corrected chi connectivity index (χ3v) is 6.24. The van der Waals surface area contributed by atoms with Gasteiger partial charge in [-0.2, -0.15) is 0 Å². The van der Waals surface area contributed by atoms with E-state index in [1.807, 2.05) is 6.07 Å². The van der Waals surface area contributed by atoms with Crippen LogP contribution < -0.4 is 10.5 Å². The number of fused-ring (bicyclic) bond motifs is 1. The quantitative estimate of drug-likeness (QED) is 0.876. The molecule has 0 spiro atoms. The molecule has 0 saturated heterocycles. The van der Waals surface area contributed by atoms with Gasteiger partial charge in [0.05, 0.1) is 10.8 Å². The zero-order valence-electron chi connectivity index (χ0n) is 13.4. The lowest BCUT2D eigenvalue weighted by Gasteiger charge is -2.10. The second-order valence-electron chi connectivity index (χ2n) is 6.84. The number of hydrogen-bond donors (Lipinski definition) is 2. The number of nitrogens with one attached hydrogen (secondary N) is 1. The molecule has 2 atom stereocenters. The number of hydrogen-bond acceptors (Lipinski definition) is 3. The van der Waals surface area contributed by atoms with Gasteiger partial charge in [0.25, 0.3) is 15.9 Å². The molecule has 2 unspecified atom stereocenters. The average Bonchev–Trinajstić information content (AvgIpc) is 3.01. The van der Waals surface area contributed by atoms with Gasteiger partial charge in [-0.05, 0) is 53.8 Å². The van der Waals surface area contributed by atoms with Gasteiger partial charge < -0.3 is 5.73 Å². The van der Waals surface area contributed by atoms with E-state index in [0.29, 0.717) is 11.3 Å². The van der Waals surface area contributed by atoms with E-state index in [1.165, 1.54) is 24.3 Å². The summed E-state index contributed by atoms with van der Waals surface area (Å²) in [5.41, 5.74) is 9.07. The summed E-state index contributed by atoms with van der Waals surface area (Å²) in [5, 5.41) is 0. The summed E-state index contributed by atoms with van der Waals surface area (Å²) in [4.78, 5) is 0.0532. The number of sulfonamides is 1. The van der Waals surface area contributed by atoms with E-state index >= 15 is 0 Å². The van der Waals surface area contributed by atoms with Crippen molar-refractivity contribution in [2.24, 2.45) is 5.73 Å². The summed E-state index contributed by atoms with van der Waals surface area (Å²) in [7, 11) is -3.76. The van der Waals surface area contributed by atoms with E-state index in [4.69, 9.17) is 5.73 Å². The standard InChI is InChI=1S/C18H18F2N2O2S/c19-18(20)10-17(18)11-2-5-16(6-3-11)25(23,24)22-15-4-1-12-7-14(21)8-13(12)9-15/h1-6,9,14,17,22H,7-8,10,21H2. The molecule has 0 heterocycles. The van der Waals surface area contributed by atoms with Crippen molar-refractivity contribution in [1.82, 2.24) is 0 Å². The fourth-order valence-electron chi connectivity index (χ4n) is 3.38. The molecule has 0 aliphatic heterocycles. The van der Waals surface area contributed by atoms with Crippen molar-refractivity contribution in [3.63, 3.8) is 0 Å². The van der Waals surface area contributed by atoms with Gasteiger partial charge in [-0.25, -0.2) is 17.2 Å². The molecule has 4 rings (SSSR count). The number of alkyl halides is 2. The Labute approximate surface area is 145 Å². The van der Waals surface area contributed by atoms with E-state index in [2.05, 4.69) is 4.72 Å². The largest absolute Gasteiger partial charge is 0.327 e. The van der Waals surface area contributed by atoms with Crippen LogP contribution in [0.15, 0.2) is 47.4 Å². The van der Waals surface area contributed by atoms with Crippen LogP contribution in [0.3, 0.4) is 0 Å². The second kappa shape index (κ2) is 5.51. The Hall–Kier alpha value is -1.99.